The summed E-state index contributed by atoms with van der Waals surface area (Å²) in [7, 11) is 0. The molecular formula is C13H11FN2O2. The Balaban J connectivity index is 2.41. The Morgan fingerprint density at radius 1 is 1.39 bits per heavy atom. The molecule has 0 atom stereocenters. The minimum Gasteiger partial charge on any atom is -0.436 e. The molecule has 0 amide bonds. The monoisotopic (exact) mass is 246 g/mol. The van der Waals surface area contributed by atoms with Crippen LogP contribution in [-0.4, -0.2) is 10.8 Å². The lowest BCUT2D eigenvalue weighted by Crippen LogP contribution is -2.00. The fraction of sp³-hybridized carbons (Fsp3) is 0.0769. The molecule has 1 aromatic carbocycles. The number of hydrogen-bond donors (Lipinski definition) is 1. The van der Waals surface area contributed by atoms with E-state index in [2.05, 4.69) is 4.98 Å². The number of carbonyl (C=O) groups excluding carboxylic acids is 1. The molecule has 1 heterocycles. The Labute approximate surface area is 103 Å². The number of anilines is 1. The lowest BCUT2D eigenvalue weighted by atomic mass is 10.1. The van der Waals surface area contributed by atoms with Crippen molar-refractivity contribution in [2.75, 3.05) is 5.73 Å². The van der Waals surface area contributed by atoms with Crippen LogP contribution in [0.15, 0.2) is 36.5 Å². The fourth-order valence-electron chi connectivity index (χ4n) is 1.46. The number of ether oxygens (including phenoxy) is 1. The lowest BCUT2D eigenvalue weighted by molar-refractivity contribution is 0.101. The third-order valence-corrected chi connectivity index (χ3v) is 2.31. The van der Waals surface area contributed by atoms with Crippen molar-refractivity contribution in [2.24, 2.45) is 0 Å². The van der Waals surface area contributed by atoms with Crippen LogP contribution in [0.2, 0.25) is 0 Å². The van der Waals surface area contributed by atoms with Crippen molar-refractivity contribution in [3.8, 4) is 11.6 Å². The van der Waals surface area contributed by atoms with E-state index in [1.54, 1.807) is 6.07 Å². The van der Waals surface area contributed by atoms with Gasteiger partial charge in [-0.2, -0.15) is 0 Å². The van der Waals surface area contributed by atoms with Gasteiger partial charge in [-0.25, -0.2) is 9.37 Å². The van der Waals surface area contributed by atoms with Gasteiger partial charge in [0.25, 0.3) is 5.88 Å². The summed E-state index contributed by atoms with van der Waals surface area (Å²) in [5, 5.41) is 0. The summed E-state index contributed by atoms with van der Waals surface area (Å²) in [5.41, 5.74) is 6.32. The molecular weight excluding hydrogens is 235 g/mol. The smallest absolute Gasteiger partial charge is 0.255 e. The van der Waals surface area contributed by atoms with Crippen LogP contribution >= 0.6 is 0 Å². The molecule has 0 aliphatic heterocycles. The van der Waals surface area contributed by atoms with E-state index in [4.69, 9.17) is 10.5 Å². The minimum absolute atomic E-state index is 0.176. The summed E-state index contributed by atoms with van der Waals surface area (Å²) in [6.45, 7) is 1.39. The number of benzene rings is 1. The molecule has 0 unspecified atom stereocenters. The Morgan fingerprint density at radius 2 is 2.17 bits per heavy atom. The summed E-state index contributed by atoms with van der Waals surface area (Å²) in [6.07, 6.45) is 1.41. The molecule has 2 aromatic rings. The van der Waals surface area contributed by atoms with Crippen molar-refractivity contribution >= 4 is 11.5 Å². The van der Waals surface area contributed by atoms with Gasteiger partial charge in [0.1, 0.15) is 5.75 Å². The van der Waals surface area contributed by atoms with Gasteiger partial charge in [-0.15, -0.1) is 0 Å². The maximum atomic E-state index is 13.4. The standard InChI is InChI=1S/C13H11FN2O2/c1-8(17)10-7-9(15)4-5-12(10)18-13-11(14)3-2-6-16-13/h2-7H,15H2,1H3. The van der Waals surface area contributed by atoms with Crippen molar-refractivity contribution in [1.29, 1.82) is 0 Å². The summed E-state index contributed by atoms with van der Waals surface area (Å²) in [4.78, 5) is 15.2. The number of carbonyl (C=O) groups is 1. The first kappa shape index (κ1) is 12.0. The maximum Gasteiger partial charge on any atom is 0.255 e. The third-order valence-electron chi connectivity index (χ3n) is 2.31. The molecule has 18 heavy (non-hydrogen) atoms. The van der Waals surface area contributed by atoms with E-state index in [0.29, 0.717) is 11.3 Å². The van der Waals surface area contributed by atoms with E-state index in [1.165, 1.54) is 37.4 Å². The summed E-state index contributed by atoms with van der Waals surface area (Å²) in [5.74, 6) is -0.753. The van der Waals surface area contributed by atoms with Crippen LogP contribution in [0.4, 0.5) is 10.1 Å². The van der Waals surface area contributed by atoms with Gasteiger partial charge in [0.15, 0.2) is 11.6 Å². The highest BCUT2D eigenvalue weighted by molar-refractivity contribution is 5.97. The van der Waals surface area contributed by atoms with Gasteiger partial charge in [0.05, 0.1) is 5.56 Å². The average Bonchev–Trinajstić information content (AvgIpc) is 2.34. The second-order valence-corrected chi connectivity index (χ2v) is 3.70. The number of hydrogen-bond acceptors (Lipinski definition) is 4. The van der Waals surface area contributed by atoms with Crippen molar-refractivity contribution < 1.29 is 13.9 Å². The first-order chi connectivity index (χ1) is 8.58. The number of pyridine rings is 1. The molecule has 5 heteroatoms. The summed E-state index contributed by atoms with van der Waals surface area (Å²) >= 11 is 0. The molecule has 0 aliphatic carbocycles. The SMILES string of the molecule is CC(=O)c1cc(N)ccc1Oc1ncccc1F. The van der Waals surface area contributed by atoms with Crippen LogP contribution in [0.25, 0.3) is 0 Å². The number of Topliss-reactive ketones (excluding diaryl/α,β-unsaturated/α-hetero) is 1. The van der Waals surface area contributed by atoms with Gasteiger partial charge < -0.3 is 10.5 Å². The molecule has 0 saturated heterocycles. The number of rotatable bonds is 3. The van der Waals surface area contributed by atoms with Gasteiger partial charge in [-0.05, 0) is 37.3 Å². The molecule has 92 valence electrons. The van der Waals surface area contributed by atoms with E-state index in [9.17, 15) is 9.18 Å². The lowest BCUT2D eigenvalue weighted by Gasteiger charge is -2.09. The van der Waals surface area contributed by atoms with E-state index >= 15 is 0 Å². The average molecular weight is 246 g/mol. The Bertz CT molecular complexity index is 599. The van der Waals surface area contributed by atoms with Crippen molar-refractivity contribution in [1.82, 2.24) is 4.98 Å². The molecule has 1 aromatic heterocycles. The molecule has 0 spiro atoms. The zero-order chi connectivity index (χ0) is 13.1. The largest absolute Gasteiger partial charge is 0.436 e. The highest BCUT2D eigenvalue weighted by atomic mass is 19.1. The quantitative estimate of drug-likeness (QED) is 0.668. The molecule has 0 fully saturated rings. The highest BCUT2D eigenvalue weighted by Crippen LogP contribution is 2.27. The molecule has 0 saturated carbocycles. The molecule has 0 radical (unpaired) electrons. The topological polar surface area (TPSA) is 65.2 Å². The zero-order valence-corrected chi connectivity index (χ0v) is 9.68. The van der Waals surface area contributed by atoms with E-state index in [0.717, 1.165) is 0 Å². The number of halogens is 1. The predicted octanol–water partition coefficient (Wildman–Crippen LogP) is 2.80. The molecule has 0 aliphatic rings. The van der Waals surface area contributed by atoms with Gasteiger partial charge in [0, 0.05) is 11.9 Å². The van der Waals surface area contributed by atoms with Crippen LogP contribution < -0.4 is 10.5 Å². The van der Waals surface area contributed by atoms with Crippen molar-refractivity contribution in [3.63, 3.8) is 0 Å². The van der Waals surface area contributed by atoms with Crippen LogP contribution in [-0.2, 0) is 0 Å². The van der Waals surface area contributed by atoms with Crippen LogP contribution in [0.3, 0.4) is 0 Å². The number of aromatic nitrogens is 1. The molecule has 2 rings (SSSR count). The van der Waals surface area contributed by atoms with Gasteiger partial charge >= 0.3 is 0 Å². The van der Waals surface area contributed by atoms with E-state index in [-0.39, 0.29) is 17.4 Å². The highest BCUT2D eigenvalue weighted by Gasteiger charge is 2.12. The summed E-state index contributed by atoms with van der Waals surface area (Å²) in [6, 6.07) is 7.26. The Hall–Kier alpha value is -2.43. The number of nitrogen functional groups attached to an aromatic ring is 1. The molecule has 4 nitrogen and oxygen atoms in total. The number of nitrogens with zero attached hydrogens (tertiary/aromatic N) is 1. The van der Waals surface area contributed by atoms with E-state index < -0.39 is 5.82 Å². The van der Waals surface area contributed by atoms with Crippen molar-refractivity contribution in [2.45, 2.75) is 6.92 Å². The maximum absolute atomic E-state index is 13.4. The van der Waals surface area contributed by atoms with Gasteiger partial charge in [-0.1, -0.05) is 0 Å². The summed E-state index contributed by atoms with van der Waals surface area (Å²) < 4.78 is 18.7. The van der Waals surface area contributed by atoms with Crippen molar-refractivity contribution in [3.05, 3.63) is 47.9 Å². The number of ketones is 1. The van der Waals surface area contributed by atoms with Crippen LogP contribution in [0, 0.1) is 5.82 Å². The molecule has 2 N–H and O–H groups in total. The Morgan fingerprint density at radius 3 is 2.83 bits per heavy atom. The second kappa shape index (κ2) is 4.83. The first-order valence-electron chi connectivity index (χ1n) is 5.27. The van der Waals surface area contributed by atoms with E-state index in [1.807, 2.05) is 0 Å². The Kier molecular flexibility index (Phi) is 3.23. The third kappa shape index (κ3) is 2.45. The second-order valence-electron chi connectivity index (χ2n) is 3.70. The fourth-order valence-corrected chi connectivity index (χ4v) is 1.46. The van der Waals surface area contributed by atoms with Gasteiger partial charge in [0.2, 0.25) is 0 Å². The van der Waals surface area contributed by atoms with Gasteiger partial charge in [-0.3, -0.25) is 4.79 Å². The minimum atomic E-state index is -0.594. The molecule has 0 bridgehead atoms. The normalized spacial score (nSPS) is 10.1. The van der Waals surface area contributed by atoms with Crippen LogP contribution in [0.1, 0.15) is 17.3 Å². The van der Waals surface area contributed by atoms with Crippen LogP contribution in [0.5, 0.6) is 11.6 Å². The predicted molar refractivity (Wildman–Crippen MR) is 65.1 cm³/mol. The number of nitrogens with two attached hydrogens (primary N) is 1. The zero-order valence-electron chi connectivity index (χ0n) is 9.68. The first-order valence-corrected chi connectivity index (χ1v) is 5.27.